The lowest BCUT2D eigenvalue weighted by Gasteiger charge is -1.94. The number of nitro groups is 1. The molecule has 0 amide bonds. The molecular weight excluding hydrogens is 222 g/mol. The maximum Gasteiger partial charge on any atom is 0.270 e. The predicted molar refractivity (Wildman–Crippen MR) is 57.8 cm³/mol. The molecule has 84 valence electrons. The molecule has 0 saturated carbocycles. The molecule has 0 atom stereocenters. The van der Waals surface area contributed by atoms with Crippen LogP contribution in [0.15, 0.2) is 24.3 Å². The summed E-state index contributed by atoms with van der Waals surface area (Å²) >= 11 is 0. The molecule has 0 aliphatic heterocycles. The molecule has 0 bridgehead atoms. The molecule has 0 aliphatic rings. The number of nitriles is 1. The molecule has 0 aliphatic carbocycles. The Morgan fingerprint density at radius 1 is 1.53 bits per heavy atom. The lowest BCUT2D eigenvalue weighted by molar-refractivity contribution is -0.384. The molecule has 0 saturated heterocycles. The van der Waals surface area contributed by atoms with Gasteiger partial charge in [-0.05, 0) is 0 Å². The van der Waals surface area contributed by atoms with Crippen molar-refractivity contribution in [1.82, 2.24) is 15.2 Å². The molecule has 2 rings (SSSR count). The minimum Gasteiger partial charge on any atom is -0.262 e. The quantitative estimate of drug-likeness (QED) is 0.632. The van der Waals surface area contributed by atoms with Gasteiger partial charge >= 0.3 is 0 Å². The molecule has 1 N–H and O–H groups in total. The van der Waals surface area contributed by atoms with Crippen molar-refractivity contribution in [3.8, 4) is 17.5 Å². The average Bonchev–Trinajstić information content (AvgIpc) is 2.78. The molecule has 1 aromatic heterocycles. The number of nitrogens with zero attached hydrogens (tertiary/aromatic N) is 4. The maximum atomic E-state index is 10.6. The first-order chi connectivity index (χ1) is 8.20. The molecule has 0 radical (unpaired) electrons. The summed E-state index contributed by atoms with van der Waals surface area (Å²) in [6.45, 7) is 0. The Kier molecular flexibility index (Phi) is 2.79. The van der Waals surface area contributed by atoms with Crippen molar-refractivity contribution in [2.45, 2.75) is 6.42 Å². The van der Waals surface area contributed by atoms with E-state index in [0.717, 1.165) is 0 Å². The minimum absolute atomic E-state index is 0.0193. The Balaban J connectivity index is 2.36. The van der Waals surface area contributed by atoms with Crippen molar-refractivity contribution in [2.24, 2.45) is 0 Å². The van der Waals surface area contributed by atoms with Crippen LogP contribution in [-0.2, 0) is 6.42 Å². The molecule has 1 heterocycles. The zero-order valence-electron chi connectivity index (χ0n) is 8.62. The van der Waals surface area contributed by atoms with Crippen LogP contribution in [0.4, 0.5) is 5.69 Å². The highest BCUT2D eigenvalue weighted by Crippen LogP contribution is 2.20. The monoisotopic (exact) mass is 229 g/mol. The topological polar surface area (TPSA) is 108 Å². The molecule has 7 nitrogen and oxygen atoms in total. The van der Waals surface area contributed by atoms with E-state index < -0.39 is 4.92 Å². The standard InChI is InChI=1S/C10H7N5O2/c11-5-4-9-12-10(14-13-9)7-2-1-3-8(6-7)15(16)17/h1-3,6H,4H2,(H,12,13,14). The van der Waals surface area contributed by atoms with Gasteiger partial charge in [-0.1, -0.05) is 12.1 Å². The normalized spacial score (nSPS) is 9.82. The summed E-state index contributed by atoms with van der Waals surface area (Å²) in [4.78, 5) is 14.2. The van der Waals surface area contributed by atoms with E-state index in [2.05, 4.69) is 15.2 Å². The molecule has 1 aromatic carbocycles. The molecule has 0 fully saturated rings. The first kappa shape index (κ1) is 10.8. The minimum atomic E-state index is -0.480. The summed E-state index contributed by atoms with van der Waals surface area (Å²) in [5.41, 5.74) is 0.522. The first-order valence-corrected chi connectivity index (χ1v) is 4.74. The van der Waals surface area contributed by atoms with Gasteiger partial charge in [-0.2, -0.15) is 10.4 Å². The summed E-state index contributed by atoms with van der Waals surface area (Å²) in [5, 5.41) is 25.6. The van der Waals surface area contributed by atoms with Gasteiger partial charge in [-0.25, -0.2) is 4.98 Å². The fourth-order valence-electron chi connectivity index (χ4n) is 1.34. The Morgan fingerprint density at radius 2 is 2.35 bits per heavy atom. The zero-order valence-corrected chi connectivity index (χ0v) is 8.62. The van der Waals surface area contributed by atoms with Crippen molar-refractivity contribution < 1.29 is 4.92 Å². The predicted octanol–water partition coefficient (Wildman–Crippen LogP) is 1.45. The average molecular weight is 229 g/mol. The highest BCUT2D eigenvalue weighted by molar-refractivity contribution is 5.58. The van der Waals surface area contributed by atoms with Crippen LogP contribution >= 0.6 is 0 Å². The van der Waals surface area contributed by atoms with Crippen molar-refractivity contribution in [2.75, 3.05) is 0 Å². The van der Waals surface area contributed by atoms with E-state index in [0.29, 0.717) is 17.2 Å². The van der Waals surface area contributed by atoms with Crippen LogP contribution in [0.1, 0.15) is 5.82 Å². The summed E-state index contributed by atoms with van der Waals surface area (Å²) in [6, 6.07) is 7.96. The van der Waals surface area contributed by atoms with E-state index in [4.69, 9.17) is 5.26 Å². The number of hydrogen-bond donors (Lipinski definition) is 1. The maximum absolute atomic E-state index is 10.6. The second-order valence-corrected chi connectivity index (χ2v) is 3.25. The van der Waals surface area contributed by atoms with Crippen LogP contribution in [0.25, 0.3) is 11.4 Å². The van der Waals surface area contributed by atoms with Gasteiger partial charge in [0.05, 0.1) is 17.4 Å². The number of hydrogen-bond acceptors (Lipinski definition) is 5. The number of aromatic amines is 1. The number of rotatable bonds is 3. The molecule has 0 spiro atoms. The summed E-state index contributed by atoms with van der Waals surface area (Å²) < 4.78 is 0. The highest BCUT2D eigenvalue weighted by Gasteiger charge is 2.10. The molecule has 17 heavy (non-hydrogen) atoms. The van der Waals surface area contributed by atoms with Crippen molar-refractivity contribution in [3.63, 3.8) is 0 Å². The van der Waals surface area contributed by atoms with Gasteiger partial charge in [0.25, 0.3) is 5.69 Å². The molecule has 7 heteroatoms. The van der Waals surface area contributed by atoms with E-state index in [1.165, 1.54) is 12.1 Å². The van der Waals surface area contributed by atoms with Crippen LogP contribution in [-0.4, -0.2) is 20.1 Å². The van der Waals surface area contributed by atoms with Gasteiger partial charge in [-0.3, -0.25) is 15.2 Å². The van der Waals surface area contributed by atoms with E-state index in [1.54, 1.807) is 12.1 Å². The van der Waals surface area contributed by atoms with E-state index >= 15 is 0 Å². The summed E-state index contributed by atoms with van der Waals surface area (Å²) in [7, 11) is 0. The van der Waals surface area contributed by atoms with Crippen LogP contribution < -0.4 is 0 Å². The van der Waals surface area contributed by atoms with Gasteiger partial charge in [0.2, 0.25) is 0 Å². The Morgan fingerprint density at radius 3 is 3.06 bits per heavy atom. The largest absolute Gasteiger partial charge is 0.270 e. The SMILES string of the molecule is N#CCc1nc(-c2cccc([N+](=O)[O-])c2)n[nH]1. The van der Waals surface area contributed by atoms with Gasteiger partial charge in [-0.15, -0.1) is 0 Å². The van der Waals surface area contributed by atoms with E-state index in [9.17, 15) is 10.1 Å². The van der Waals surface area contributed by atoms with Crippen LogP contribution in [0.5, 0.6) is 0 Å². The van der Waals surface area contributed by atoms with E-state index in [-0.39, 0.29) is 12.1 Å². The summed E-state index contributed by atoms with van der Waals surface area (Å²) in [6.07, 6.45) is 0.127. The highest BCUT2D eigenvalue weighted by atomic mass is 16.6. The third kappa shape index (κ3) is 2.26. The number of H-pyrrole nitrogens is 1. The van der Waals surface area contributed by atoms with Crippen molar-refractivity contribution in [1.29, 1.82) is 5.26 Å². The Hall–Kier alpha value is -2.75. The number of non-ortho nitro benzene ring substituents is 1. The Bertz CT molecular complexity index is 599. The third-order valence-electron chi connectivity index (χ3n) is 2.09. The first-order valence-electron chi connectivity index (χ1n) is 4.74. The number of nitrogens with one attached hydrogen (secondary N) is 1. The molecule has 0 unspecified atom stereocenters. The lowest BCUT2D eigenvalue weighted by atomic mass is 10.2. The van der Waals surface area contributed by atoms with Gasteiger partial charge in [0.15, 0.2) is 5.82 Å². The fourth-order valence-corrected chi connectivity index (χ4v) is 1.34. The molecule has 2 aromatic rings. The van der Waals surface area contributed by atoms with Crippen LogP contribution in [0, 0.1) is 21.4 Å². The van der Waals surface area contributed by atoms with Gasteiger partial charge in [0, 0.05) is 17.7 Å². The van der Waals surface area contributed by atoms with Gasteiger partial charge < -0.3 is 0 Å². The van der Waals surface area contributed by atoms with Crippen molar-refractivity contribution in [3.05, 3.63) is 40.2 Å². The van der Waals surface area contributed by atoms with Crippen molar-refractivity contribution >= 4 is 5.69 Å². The van der Waals surface area contributed by atoms with Crippen LogP contribution in [0.3, 0.4) is 0 Å². The zero-order chi connectivity index (χ0) is 12.3. The third-order valence-corrected chi connectivity index (χ3v) is 2.09. The van der Waals surface area contributed by atoms with E-state index in [1.807, 2.05) is 6.07 Å². The Labute approximate surface area is 95.9 Å². The molecular formula is C10H7N5O2. The number of benzene rings is 1. The van der Waals surface area contributed by atoms with Gasteiger partial charge in [0.1, 0.15) is 5.82 Å². The summed E-state index contributed by atoms with van der Waals surface area (Å²) in [5.74, 6) is 0.785. The lowest BCUT2D eigenvalue weighted by Crippen LogP contribution is -1.89. The number of nitro benzene ring substituents is 1. The smallest absolute Gasteiger partial charge is 0.262 e. The second kappa shape index (κ2) is 4.40. The second-order valence-electron chi connectivity index (χ2n) is 3.25. The number of aromatic nitrogens is 3. The van der Waals surface area contributed by atoms with Crippen LogP contribution in [0.2, 0.25) is 0 Å². The fraction of sp³-hybridized carbons (Fsp3) is 0.100.